The second-order valence-corrected chi connectivity index (χ2v) is 7.59. The maximum atomic E-state index is 13.1. The number of urea groups is 1. The average molecular weight is 459 g/mol. The lowest BCUT2D eigenvalue weighted by Crippen LogP contribution is -2.45. The molecule has 3 aromatic rings. The van der Waals surface area contributed by atoms with Crippen LogP contribution in [0.1, 0.15) is 29.7 Å². The van der Waals surface area contributed by atoms with Crippen LogP contribution in [0.5, 0.6) is 11.5 Å². The first-order valence-electron chi connectivity index (χ1n) is 11.0. The molecule has 0 fully saturated rings. The molecule has 0 spiro atoms. The molecule has 0 bridgehead atoms. The molecule has 1 atom stereocenters. The van der Waals surface area contributed by atoms with Gasteiger partial charge in [-0.15, -0.1) is 0 Å². The van der Waals surface area contributed by atoms with E-state index >= 15 is 0 Å². The molecule has 0 saturated carbocycles. The van der Waals surface area contributed by atoms with Crippen molar-refractivity contribution in [2.75, 3.05) is 13.7 Å². The Kier molecular flexibility index (Phi) is 7.13. The number of rotatable bonds is 8. The van der Waals surface area contributed by atoms with E-state index in [9.17, 15) is 9.59 Å². The molecule has 0 radical (unpaired) electrons. The number of carbonyl (C=O) groups is 2. The van der Waals surface area contributed by atoms with Crippen LogP contribution in [0.3, 0.4) is 0 Å². The largest absolute Gasteiger partial charge is 0.493 e. The Hall–Kier alpha value is -4.26. The topological polar surface area (TPSA) is 85.9 Å². The first-order chi connectivity index (χ1) is 16.6. The van der Waals surface area contributed by atoms with E-state index in [0.29, 0.717) is 40.5 Å². The van der Waals surface area contributed by atoms with E-state index in [4.69, 9.17) is 14.2 Å². The molecule has 1 heterocycles. The third-order valence-electron chi connectivity index (χ3n) is 5.39. The molecule has 0 aromatic heterocycles. The van der Waals surface area contributed by atoms with Gasteiger partial charge in [-0.05, 0) is 35.7 Å². The van der Waals surface area contributed by atoms with Crippen molar-refractivity contribution >= 4 is 17.7 Å². The summed E-state index contributed by atoms with van der Waals surface area (Å²) in [7, 11) is 1.56. The molecular weight excluding hydrogens is 432 g/mol. The standard InChI is InChI=1S/C27H26N2O5/c1-3-33-26(30)23-24(19-12-8-5-9-13-19)28-27(31)29-25(23)20-14-15-21(32-2)22(16-20)34-17-18-10-6-4-7-11-18/h4-16,25H,3,17H2,1-2H3,(H2,28,29,31). The van der Waals surface area contributed by atoms with E-state index in [0.717, 1.165) is 5.56 Å². The molecule has 3 aromatic carbocycles. The minimum absolute atomic E-state index is 0.207. The summed E-state index contributed by atoms with van der Waals surface area (Å²) in [6.07, 6.45) is 0. The Morgan fingerprint density at radius 1 is 0.941 bits per heavy atom. The predicted molar refractivity (Wildman–Crippen MR) is 128 cm³/mol. The Bertz CT molecular complexity index is 1190. The average Bonchev–Trinajstić information content (AvgIpc) is 2.88. The Morgan fingerprint density at radius 3 is 2.32 bits per heavy atom. The molecule has 7 heteroatoms. The van der Waals surface area contributed by atoms with E-state index in [1.54, 1.807) is 32.2 Å². The molecule has 1 aliphatic rings. The van der Waals surface area contributed by atoms with Gasteiger partial charge in [-0.25, -0.2) is 9.59 Å². The normalized spacial score (nSPS) is 15.2. The molecule has 2 amide bonds. The minimum Gasteiger partial charge on any atom is -0.493 e. The molecule has 4 rings (SSSR count). The summed E-state index contributed by atoms with van der Waals surface area (Å²) >= 11 is 0. The highest BCUT2D eigenvalue weighted by Crippen LogP contribution is 2.36. The molecule has 174 valence electrons. The fourth-order valence-corrected chi connectivity index (χ4v) is 3.80. The molecular formula is C27H26N2O5. The fraction of sp³-hybridized carbons (Fsp3) is 0.185. The van der Waals surface area contributed by atoms with Crippen LogP contribution in [-0.2, 0) is 16.1 Å². The zero-order valence-electron chi connectivity index (χ0n) is 19.0. The maximum Gasteiger partial charge on any atom is 0.338 e. The van der Waals surface area contributed by atoms with E-state index < -0.39 is 18.0 Å². The van der Waals surface area contributed by atoms with Gasteiger partial charge in [-0.1, -0.05) is 66.7 Å². The molecule has 0 saturated heterocycles. The second kappa shape index (κ2) is 10.6. The summed E-state index contributed by atoms with van der Waals surface area (Å²) < 4.78 is 16.9. The number of nitrogens with one attached hydrogen (secondary N) is 2. The summed E-state index contributed by atoms with van der Waals surface area (Å²) in [5.74, 6) is 0.535. The fourth-order valence-electron chi connectivity index (χ4n) is 3.80. The third kappa shape index (κ3) is 5.04. The van der Waals surface area contributed by atoms with Crippen LogP contribution >= 0.6 is 0 Å². The highest BCUT2D eigenvalue weighted by molar-refractivity contribution is 6.04. The third-order valence-corrected chi connectivity index (χ3v) is 5.39. The predicted octanol–water partition coefficient (Wildman–Crippen LogP) is 4.60. The molecule has 0 aliphatic carbocycles. The van der Waals surface area contributed by atoms with Gasteiger partial charge in [0, 0.05) is 0 Å². The summed E-state index contributed by atoms with van der Waals surface area (Å²) in [5, 5.41) is 5.63. The lowest BCUT2D eigenvalue weighted by atomic mass is 9.92. The van der Waals surface area contributed by atoms with Crippen LogP contribution in [0.2, 0.25) is 0 Å². The lowest BCUT2D eigenvalue weighted by molar-refractivity contribution is -0.138. The van der Waals surface area contributed by atoms with Gasteiger partial charge in [-0.3, -0.25) is 0 Å². The molecule has 2 N–H and O–H groups in total. The van der Waals surface area contributed by atoms with Crippen molar-refractivity contribution in [3.05, 3.63) is 101 Å². The van der Waals surface area contributed by atoms with Gasteiger partial charge < -0.3 is 24.8 Å². The van der Waals surface area contributed by atoms with Gasteiger partial charge in [0.1, 0.15) is 6.61 Å². The van der Waals surface area contributed by atoms with Gasteiger partial charge in [0.05, 0.1) is 31.0 Å². The SMILES string of the molecule is CCOC(=O)C1=C(c2ccccc2)NC(=O)NC1c1ccc(OC)c(OCc2ccccc2)c1. The van der Waals surface area contributed by atoms with Gasteiger partial charge >= 0.3 is 12.0 Å². The van der Waals surface area contributed by atoms with Crippen LogP contribution in [0, 0.1) is 0 Å². The van der Waals surface area contributed by atoms with Crippen molar-refractivity contribution in [3.63, 3.8) is 0 Å². The highest BCUT2D eigenvalue weighted by Gasteiger charge is 2.34. The molecule has 1 aliphatic heterocycles. The first kappa shape index (κ1) is 22.9. The first-order valence-corrected chi connectivity index (χ1v) is 11.0. The molecule has 34 heavy (non-hydrogen) atoms. The van der Waals surface area contributed by atoms with Crippen molar-refractivity contribution in [1.82, 2.24) is 10.6 Å². The summed E-state index contributed by atoms with van der Waals surface area (Å²) in [4.78, 5) is 25.7. The Morgan fingerprint density at radius 2 is 1.65 bits per heavy atom. The Labute approximate surface area is 198 Å². The summed E-state index contributed by atoms with van der Waals surface area (Å²) in [5.41, 5.74) is 3.10. The van der Waals surface area contributed by atoms with Gasteiger partial charge in [0.2, 0.25) is 0 Å². The van der Waals surface area contributed by atoms with Crippen molar-refractivity contribution < 1.29 is 23.8 Å². The zero-order chi connectivity index (χ0) is 23.9. The number of ether oxygens (including phenoxy) is 3. The van der Waals surface area contributed by atoms with Crippen LogP contribution in [0.4, 0.5) is 4.79 Å². The maximum absolute atomic E-state index is 13.1. The van der Waals surface area contributed by atoms with Crippen molar-refractivity contribution in [2.24, 2.45) is 0 Å². The quantitative estimate of drug-likeness (QED) is 0.482. The van der Waals surface area contributed by atoms with Crippen LogP contribution in [0.15, 0.2) is 84.4 Å². The summed E-state index contributed by atoms with van der Waals surface area (Å²) in [6, 6.07) is 23.2. The van der Waals surface area contributed by atoms with E-state index in [1.165, 1.54) is 0 Å². The molecule has 7 nitrogen and oxygen atoms in total. The van der Waals surface area contributed by atoms with Crippen molar-refractivity contribution in [1.29, 1.82) is 0 Å². The van der Waals surface area contributed by atoms with Crippen LogP contribution < -0.4 is 20.1 Å². The highest BCUT2D eigenvalue weighted by atomic mass is 16.5. The summed E-state index contributed by atoms with van der Waals surface area (Å²) in [6.45, 7) is 2.29. The van der Waals surface area contributed by atoms with Crippen LogP contribution in [0.25, 0.3) is 5.70 Å². The minimum atomic E-state index is -0.743. The second-order valence-electron chi connectivity index (χ2n) is 7.59. The lowest BCUT2D eigenvalue weighted by Gasteiger charge is -2.30. The molecule has 1 unspecified atom stereocenters. The Balaban J connectivity index is 1.76. The number of methoxy groups -OCH3 is 1. The van der Waals surface area contributed by atoms with Crippen LogP contribution in [-0.4, -0.2) is 25.7 Å². The van der Waals surface area contributed by atoms with Gasteiger partial charge in [0.25, 0.3) is 0 Å². The van der Waals surface area contributed by atoms with Crippen molar-refractivity contribution in [3.8, 4) is 11.5 Å². The van der Waals surface area contributed by atoms with E-state index in [2.05, 4.69) is 10.6 Å². The van der Waals surface area contributed by atoms with E-state index in [1.807, 2.05) is 60.7 Å². The number of esters is 1. The van der Waals surface area contributed by atoms with Crippen molar-refractivity contribution in [2.45, 2.75) is 19.6 Å². The number of amides is 2. The van der Waals surface area contributed by atoms with Gasteiger partial charge in [0.15, 0.2) is 11.5 Å². The van der Waals surface area contributed by atoms with E-state index in [-0.39, 0.29) is 6.61 Å². The zero-order valence-corrected chi connectivity index (χ0v) is 19.0. The number of carbonyl (C=O) groups excluding carboxylic acids is 2. The van der Waals surface area contributed by atoms with Gasteiger partial charge in [-0.2, -0.15) is 0 Å². The smallest absolute Gasteiger partial charge is 0.338 e. The number of hydrogen-bond donors (Lipinski definition) is 2. The monoisotopic (exact) mass is 458 g/mol. The number of hydrogen-bond acceptors (Lipinski definition) is 5. The number of benzene rings is 3.